The molecule has 0 radical (unpaired) electrons. The SMILES string of the molecule is CNCCNS(=O)(=O)c1ccc2[nH]c(=O)[nH]c2c1. The van der Waals surface area contributed by atoms with E-state index in [-0.39, 0.29) is 10.6 Å². The summed E-state index contributed by atoms with van der Waals surface area (Å²) >= 11 is 0. The number of benzene rings is 1. The predicted molar refractivity (Wildman–Crippen MR) is 68.0 cm³/mol. The molecule has 0 saturated carbocycles. The van der Waals surface area contributed by atoms with Crippen LogP contribution in [0.2, 0.25) is 0 Å². The van der Waals surface area contributed by atoms with Gasteiger partial charge in [-0.3, -0.25) is 0 Å². The average Bonchev–Trinajstić information content (AvgIpc) is 2.68. The Bertz CT molecular complexity index is 701. The normalized spacial score (nSPS) is 12.1. The molecule has 1 aromatic heterocycles. The Balaban J connectivity index is 2.32. The summed E-state index contributed by atoms with van der Waals surface area (Å²) in [5, 5.41) is 2.85. The Morgan fingerprint density at radius 2 is 1.89 bits per heavy atom. The highest BCUT2D eigenvalue weighted by atomic mass is 32.2. The van der Waals surface area contributed by atoms with E-state index in [2.05, 4.69) is 20.0 Å². The zero-order valence-corrected chi connectivity index (χ0v) is 10.6. The third kappa shape index (κ3) is 2.61. The van der Waals surface area contributed by atoms with Gasteiger partial charge in [0.05, 0.1) is 15.9 Å². The van der Waals surface area contributed by atoms with Gasteiger partial charge >= 0.3 is 5.69 Å². The number of imidazole rings is 1. The van der Waals surface area contributed by atoms with Gasteiger partial charge in [-0.25, -0.2) is 17.9 Å². The Hall–Kier alpha value is -1.64. The van der Waals surface area contributed by atoms with E-state index in [1.165, 1.54) is 12.1 Å². The van der Waals surface area contributed by atoms with Gasteiger partial charge in [0.2, 0.25) is 10.0 Å². The number of nitrogens with one attached hydrogen (secondary N) is 4. The molecular formula is C10H14N4O3S. The topological polar surface area (TPSA) is 107 Å². The fourth-order valence-corrected chi connectivity index (χ4v) is 2.63. The molecule has 0 unspecified atom stereocenters. The standard InChI is InChI=1S/C10H14N4O3S/c1-11-4-5-12-18(16,17)7-2-3-8-9(6-7)14-10(15)13-8/h2-3,6,11-12H,4-5H2,1H3,(H2,13,14,15). The van der Waals surface area contributed by atoms with Gasteiger partial charge in [0, 0.05) is 13.1 Å². The quantitative estimate of drug-likeness (QED) is 0.542. The lowest BCUT2D eigenvalue weighted by Gasteiger charge is -2.06. The summed E-state index contributed by atoms with van der Waals surface area (Å²) in [7, 11) is -1.80. The van der Waals surface area contributed by atoms with Gasteiger partial charge in [0.15, 0.2) is 0 Å². The van der Waals surface area contributed by atoms with Crippen LogP contribution in [0.3, 0.4) is 0 Å². The molecule has 2 rings (SSSR count). The van der Waals surface area contributed by atoms with Crippen LogP contribution in [-0.2, 0) is 10.0 Å². The van der Waals surface area contributed by atoms with E-state index in [4.69, 9.17) is 0 Å². The zero-order chi connectivity index (χ0) is 13.2. The van der Waals surface area contributed by atoms with E-state index < -0.39 is 10.0 Å². The fourth-order valence-electron chi connectivity index (χ4n) is 1.57. The minimum absolute atomic E-state index is 0.126. The van der Waals surface area contributed by atoms with Crippen molar-refractivity contribution in [1.29, 1.82) is 0 Å². The lowest BCUT2D eigenvalue weighted by Crippen LogP contribution is -2.30. The second-order valence-corrected chi connectivity index (χ2v) is 5.55. The van der Waals surface area contributed by atoms with Gasteiger partial charge in [-0.05, 0) is 25.2 Å². The van der Waals surface area contributed by atoms with Crippen LogP contribution in [0.25, 0.3) is 11.0 Å². The van der Waals surface area contributed by atoms with Crippen molar-refractivity contribution in [3.05, 3.63) is 28.7 Å². The largest absolute Gasteiger partial charge is 0.323 e. The van der Waals surface area contributed by atoms with E-state index in [1.807, 2.05) is 0 Å². The first-order chi connectivity index (χ1) is 8.53. The maximum absolute atomic E-state index is 11.9. The van der Waals surface area contributed by atoms with Crippen molar-refractivity contribution in [3.63, 3.8) is 0 Å². The van der Waals surface area contributed by atoms with Crippen LogP contribution in [0.15, 0.2) is 27.9 Å². The van der Waals surface area contributed by atoms with E-state index in [0.717, 1.165) is 0 Å². The predicted octanol–water partition coefficient (Wildman–Crippen LogP) is -0.646. The Morgan fingerprint density at radius 3 is 2.61 bits per heavy atom. The molecule has 0 aliphatic heterocycles. The number of fused-ring (bicyclic) bond motifs is 1. The zero-order valence-electron chi connectivity index (χ0n) is 9.78. The number of aromatic nitrogens is 2. The first-order valence-corrected chi connectivity index (χ1v) is 6.87. The number of rotatable bonds is 5. The summed E-state index contributed by atoms with van der Waals surface area (Å²) in [4.78, 5) is 16.3. The van der Waals surface area contributed by atoms with Crippen molar-refractivity contribution < 1.29 is 8.42 Å². The van der Waals surface area contributed by atoms with Crippen LogP contribution in [0.4, 0.5) is 0 Å². The van der Waals surface area contributed by atoms with Gasteiger partial charge in [-0.2, -0.15) is 0 Å². The molecule has 0 atom stereocenters. The summed E-state index contributed by atoms with van der Waals surface area (Å²) in [6, 6.07) is 4.43. The maximum atomic E-state index is 11.9. The summed E-state index contributed by atoms with van der Waals surface area (Å²) in [6.45, 7) is 0.850. The van der Waals surface area contributed by atoms with Crippen molar-refractivity contribution >= 4 is 21.1 Å². The summed E-state index contributed by atoms with van der Waals surface area (Å²) in [5.74, 6) is 0. The lowest BCUT2D eigenvalue weighted by molar-refractivity contribution is 0.579. The highest BCUT2D eigenvalue weighted by molar-refractivity contribution is 7.89. The molecular weight excluding hydrogens is 256 g/mol. The van der Waals surface area contributed by atoms with Crippen LogP contribution in [0.5, 0.6) is 0 Å². The van der Waals surface area contributed by atoms with Crippen LogP contribution >= 0.6 is 0 Å². The summed E-state index contributed by atoms with van der Waals surface area (Å²) < 4.78 is 26.3. The third-order valence-corrected chi connectivity index (χ3v) is 3.92. The van der Waals surface area contributed by atoms with Crippen molar-refractivity contribution in [2.24, 2.45) is 0 Å². The molecule has 98 valence electrons. The summed E-state index contributed by atoms with van der Waals surface area (Å²) in [6.07, 6.45) is 0. The monoisotopic (exact) mass is 270 g/mol. The minimum Gasteiger partial charge on any atom is -0.318 e. The van der Waals surface area contributed by atoms with Crippen LogP contribution in [0, 0.1) is 0 Å². The molecule has 18 heavy (non-hydrogen) atoms. The number of sulfonamides is 1. The average molecular weight is 270 g/mol. The highest BCUT2D eigenvalue weighted by Gasteiger charge is 2.14. The maximum Gasteiger partial charge on any atom is 0.323 e. The van der Waals surface area contributed by atoms with Crippen LogP contribution in [0.1, 0.15) is 0 Å². The fraction of sp³-hybridized carbons (Fsp3) is 0.300. The van der Waals surface area contributed by atoms with Crippen LogP contribution < -0.4 is 15.7 Å². The Kier molecular flexibility index (Phi) is 3.50. The Labute approximate surface area is 104 Å². The molecule has 0 aliphatic carbocycles. The number of aromatic amines is 2. The number of hydrogen-bond acceptors (Lipinski definition) is 4. The summed E-state index contributed by atoms with van der Waals surface area (Å²) in [5.41, 5.74) is 0.688. The van der Waals surface area contributed by atoms with Crippen molar-refractivity contribution in [2.45, 2.75) is 4.90 Å². The number of likely N-dealkylation sites (N-methyl/N-ethyl adjacent to an activating group) is 1. The van der Waals surface area contributed by atoms with Crippen molar-refractivity contribution in [3.8, 4) is 0 Å². The van der Waals surface area contributed by atoms with Crippen molar-refractivity contribution in [1.82, 2.24) is 20.0 Å². The molecule has 8 heteroatoms. The molecule has 0 aliphatic rings. The molecule has 7 nitrogen and oxygen atoms in total. The first-order valence-electron chi connectivity index (χ1n) is 5.39. The molecule has 1 heterocycles. The molecule has 1 aromatic carbocycles. The van der Waals surface area contributed by atoms with Crippen LogP contribution in [-0.4, -0.2) is 38.5 Å². The van der Waals surface area contributed by atoms with E-state index >= 15 is 0 Å². The van der Waals surface area contributed by atoms with Crippen molar-refractivity contribution in [2.75, 3.05) is 20.1 Å². The third-order valence-electron chi connectivity index (χ3n) is 2.46. The molecule has 4 N–H and O–H groups in total. The number of H-pyrrole nitrogens is 2. The minimum atomic E-state index is -3.54. The van der Waals surface area contributed by atoms with E-state index in [0.29, 0.717) is 24.1 Å². The molecule has 2 aromatic rings. The molecule has 0 spiro atoms. The first kappa shape index (κ1) is 12.8. The number of hydrogen-bond donors (Lipinski definition) is 4. The lowest BCUT2D eigenvalue weighted by atomic mass is 10.3. The van der Waals surface area contributed by atoms with E-state index in [1.54, 1.807) is 13.1 Å². The highest BCUT2D eigenvalue weighted by Crippen LogP contribution is 2.14. The van der Waals surface area contributed by atoms with Gasteiger partial charge < -0.3 is 15.3 Å². The molecule has 0 saturated heterocycles. The second-order valence-electron chi connectivity index (χ2n) is 3.79. The van der Waals surface area contributed by atoms with Gasteiger partial charge in [0.1, 0.15) is 0 Å². The Morgan fingerprint density at radius 1 is 1.17 bits per heavy atom. The molecule has 0 fully saturated rings. The van der Waals surface area contributed by atoms with Gasteiger partial charge in [0.25, 0.3) is 0 Å². The molecule has 0 bridgehead atoms. The smallest absolute Gasteiger partial charge is 0.318 e. The van der Waals surface area contributed by atoms with Gasteiger partial charge in [-0.1, -0.05) is 0 Å². The van der Waals surface area contributed by atoms with Gasteiger partial charge in [-0.15, -0.1) is 0 Å². The second kappa shape index (κ2) is 4.92. The van der Waals surface area contributed by atoms with E-state index in [9.17, 15) is 13.2 Å². The molecule has 0 amide bonds.